The summed E-state index contributed by atoms with van der Waals surface area (Å²) in [6, 6.07) is 3.86. The predicted octanol–water partition coefficient (Wildman–Crippen LogP) is 7.71. The van der Waals surface area contributed by atoms with Crippen LogP contribution in [0.4, 0.5) is 0 Å². The van der Waals surface area contributed by atoms with E-state index in [9.17, 15) is 0 Å². The Morgan fingerprint density at radius 1 is 0.636 bits per heavy atom. The van der Waals surface area contributed by atoms with Gasteiger partial charge in [0.15, 0.2) is 8.32 Å². The molecule has 2 heteroatoms. The molecule has 0 aliphatic heterocycles. The molecule has 0 aromatic carbocycles. The van der Waals surface area contributed by atoms with Gasteiger partial charge in [-0.3, -0.25) is 0 Å². The molecule has 0 heterocycles. The normalized spacial score (nSPS) is 13.5. The van der Waals surface area contributed by atoms with E-state index < -0.39 is 8.32 Å². The van der Waals surface area contributed by atoms with Crippen LogP contribution in [0.25, 0.3) is 0 Å². The molecule has 1 unspecified atom stereocenters. The quantitative estimate of drug-likeness (QED) is 0.208. The molecule has 0 saturated carbocycles. The molecule has 134 valence electrons. The van der Waals surface area contributed by atoms with Crippen LogP contribution >= 0.6 is 0 Å². The Morgan fingerprint density at radius 3 is 1.50 bits per heavy atom. The van der Waals surface area contributed by atoms with E-state index in [0.29, 0.717) is 6.10 Å². The standard InChI is InChI=1S/C20H44OSi/c1-6-11-12-13-14-15-16-17-18-19-20(7-2)21-22(8-3,9-4)10-5/h20H,6-19H2,1-5H3. The molecule has 0 N–H and O–H groups in total. The smallest absolute Gasteiger partial charge is 0.192 e. The van der Waals surface area contributed by atoms with Gasteiger partial charge in [0.1, 0.15) is 0 Å². The highest BCUT2D eigenvalue weighted by atomic mass is 28.4. The SMILES string of the molecule is CCCCCCCCCCCC(CC)O[Si](CC)(CC)CC. The summed E-state index contributed by atoms with van der Waals surface area (Å²) in [6.07, 6.45) is 15.8. The molecule has 0 rings (SSSR count). The maximum atomic E-state index is 6.65. The molecule has 0 spiro atoms. The molecule has 22 heavy (non-hydrogen) atoms. The molecule has 1 nitrogen and oxygen atoms in total. The molecule has 0 aliphatic carbocycles. The minimum absolute atomic E-state index is 0.538. The predicted molar refractivity (Wildman–Crippen MR) is 104 cm³/mol. The van der Waals surface area contributed by atoms with Gasteiger partial charge in [-0.05, 0) is 31.0 Å². The topological polar surface area (TPSA) is 9.23 Å². The first-order valence-electron chi connectivity index (χ1n) is 10.4. The van der Waals surface area contributed by atoms with E-state index in [1.165, 1.54) is 88.8 Å². The average molecular weight is 329 g/mol. The third kappa shape index (κ3) is 10.0. The lowest BCUT2D eigenvalue weighted by Gasteiger charge is -2.33. The van der Waals surface area contributed by atoms with Gasteiger partial charge >= 0.3 is 0 Å². The molecule has 0 saturated heterocycles. The Morgan fingerprint density at radius 2 is 1.09 bits per heavy atom. The molecule has 0 fully saturated rings. The molecule has 0 radical (unpaired) electrons. The monoisotopic (exact) mass is 328 g/mol. The van der Waals surface area contributed by atoms with Crippen molar-refractivity contribution in [1.29, 1.82) is 0 Å². The summed E-state index contributed by atoms with van der Waals surface area (Å²) < 4.78 is 6.65. The summed E-state index contributed by atoms with van der Waals surface area (Å²) in [5.41, 5.74) is 0. The van der Waals surface area contributed by atoms with E-state index in [1.54, 1.807) is 0 Å². The fraction of sp³-hybridized carbons (Fsp3) is 1.00. The van der Waals surface area contributed by atoms with Crippen molar-refractivity contribution in [1.82, 2.24) is 0 Å². The van der Waals surface area contributed by atoms with Crippen LogP contribution in [0.5, 0.6) is 0 Å². The van der Waals surface area contributed by atoms with Crippen molar-refractivity contribution >= 4 is 8.32 Å². The number of hydrogen-bond acceptors (Lipinski definition) is 1. The van der Waals surface area contributed by atoms with E-state index in [1.807, 2.05) is 0 Å². The van der Waals surface area contributed by atoms with Crippen molar-refractivity contribution in [3.05, 3.63) is 0 Å². The van der Waals surface area contributed by atoms with E-state index >= 15 is 0 Å². The molecule has 0 aromatic rings. The van der Waals surface area contributed by atoms with Crippen LogP contribution in [0.2, 0.25) is 18.1 Å². The molecule has 0 bridgehead atoms. The van der Waals surface area contributed by atoms with Crippen LogP contribution in [0, 0.1) is 0 Å². The van der Waals surface area contributed by atoms with Crippen LogP contribution in [0.1, 0.15) is 105 Å². The van der Waals surface area contributed by atoms with Crippen molar-refractivity contribution in [3.63, 3.8) is 0 Å². The van der Waals surface area contributed by atoms with Crippen molar-refractivity contribution in [3.8, 4) is 0 Å². The highest BCUT2D eigenvalue weighted by molar-refractivity contribution is 6.73. The van der Waals surface area contributed by atoms with Gasteiger partial charge in [0.05, 0.1) is 0 Å². The second kappa shape index (κ2) is 14.7. The van der Waals surface area contributed by atoms with Gasteiger partial charge in [-0.1, -0.05) is 92.4 Å². The minimum atomic E-state index is -1.40. The summed E-state index contributed by atoms with van der Waals surface area (Å²) in [5.74, 6) is 0. The first-order chi connectivity index (χ1) is 10.7. The lowest BCUT2D eigenvalue weighted by atomic mass is 10.0. The van der Waals surface area contributed by atoms with Crippen LogP contribution in [-0.2, 0) is 4.43 Å². The van der Waals surface area contributed by atoms with E-state index in [-0.39, 0.29) is 0 Å². The Labute approximate surface area is 142 Å². The molecule has 0 aromatic heterocycles. The lowest BCUT2D eigenvalue weighted by Crippen LogP contribution is -2.39. The minimum Gasteiger partial charge on any atom is -0.414 e. The summed E-state index contributed by atoms with van der Waals surface area (Å²) >= 11 is 0. The van der Waals surface area contributed by atoms with Crippen LogP contribution in [0.15, 0.2) is 0 Å². The van der Waals surface area contributed by atoms with Gasteiger partial charge in [0, 0.05) is 6.10 Å². The molecule has 1 atom stereocenters. The summed E-state index contributed by atoms with van der Waals surface area (Å²) in [4.78, 5) is 0. The molecular weight excluding hydrogens is 284 g/mol. The van der Waals surface area contributed by atoms with Crippen LogP contribution in [0.3, 0.4) is 0 Å². The molecule has 0 amide bonds. The Bertz CT molecular complexity index is 217. The van der Waals surface area contributed by atoms with Crippen LogP contribution < -0.4 is 0 Å². The van der Waals surface area contributed by atoms with E-state index in [4.69, 9.17) is 4.43 Å². The summed E-state index contributed by atoms with van der Waals surface area (Å²) in [7, 11) is -1.40. The third-order valence-corrected chi connectivity index (χ3v) is 10.1. The molecular formula is C20H44OSi. The van der Waals surface area contributed by atoms with Crippen molar-refractivity contribution in [2.45, 2.75) is 129 Å². The maximum Gasteiger partial charge on any atom is 0.192 e. The van der Waals surface area contributed by atoms with E-state index in [0.717, 1.165) is 0 Å². The zero-order chi connectivity index (χ0) is 16.7. The zero-order valence-electron chi connectivity index (χ0n) is 16.4. The maximum absolute atomic E-state index is 6.65. The lowest BCUT2D eigenvalue weighted by molar-refractivity contribution is 0.168. The Balaban J connectivity index is 3.73. The number of unbranched alkanes of at least 4 members (excludes halogenated alkanes) is 8. The first kappa shape index (κ1) is 22.2. The van der Waals surface area contributed by atoms with Crippen molar-refractivity contribution < 1.29 is 4.43 Å². The van der Waals surface area contributed by atoms with Gasteiger partial charge in [-0.15, -0.1) is 0 Å². The van der Waals surface area contributed by atoms with Gasteiger partial charge in [0.25, 0.3) is 0 Å². The number of hydrogen-bond donors (Lipinski definition) is 0. The fourth-order valence-electron chi connectivity index (χ4n) is 3.38. The highest BCUT2D eigenvalue weighted by Gasteiger charge is 2.31. The Hall–Kier alpha value is 0.177. The fourth-order valence-corrected chi connectivity index (χ4v) is 6.37. The van der Waals surface area contributed by atoms with Gasteiger partial charge in [-0.25, -0.2) is 0 Å². The zero-order valence-corrected chi connectivity index (χ0v) is 17.4. The van der Waals surface area contributed by atoms with Crippen LogP contribution in [-0.4, -0.2) is 14.4 Å². The largest absolute Gasteiger partial charge is 0.414 e. The second-order valence-corrected chi connectivity index (χ2v) is 11.7. The summed E-state index contributed by atoms with van der Waals surface area (Å²) in [6.45, 7) is 11.6. The second-order valence-electron chi connectivity index (χ2n) is 7.01. The number of rotatable bonds is 16. The molecule has 0 aliphatic rings. The van der Waals surface area contributed by atoms with Gasteiger partial charge in [0.2, 0.25) is 0 Å². The van der Waals surface area contributed by atoms with Crippen molar-refractivity contribution in [2.24, 2.45) is 0 Å². The first-order valence-corrected chi connectivity index (χ1v) is 12.9. The third-order valence-electron chi connectivity index (χ3n) is 5.43. The van der Waals surface area contributed by atoms with Crippen molar-refractivity contribution in [2.75, 3.05) is 0 Å². The Kier molecular flexibility index (Phi) is 14.9. The van der Waals surface area contributed by atoms with E-state index in [2.05, 4.69) is 34.6 Å². The average Bonchev–Trinajstić information content (AvgIpc) is 2.56. The van der Waals surface area contributed by atoms with Gasteiger partial charge < -0.3 is 4.43 Å². The highest BCUT2D eigenvalue weighted by Crippen LogP contribution is 2.26. The van der Waals surface area contributed by atoms with Gasteiger partial charge in [-0.2, -0.15) is 0 Å². The summed E-state index contributed by atoms with van der Waals surface area (Å²) in [5, 5.41) is 0.